The molecule has 82 valence electrons. The lowest BCUT2D eigenvalue weighted by Crippen LogP contribution is -2.53. The van der Waals surface area contributed by atoms with Gasteiger partial charge in [-0.15, -0.1) is 0 Å². The fourth-order valence-corrected chi connectivity index (χ4v) is 2.61. The number of nitrogens with zero attached hydrogens (tertiary/aromatic N) is 2. The molecule has 0 saturated carbocycles. The summed E-state index contributed by atoms with van der Waals surface area (Å²) in [5, 5.41) is 8.55. The molecule has 0 radical (unpaired) electrons. The fourth-order valence-electron chi connectivity index (χ4n) is 2.61. The number of hydrogen-bond acceptors (Lipinski definition) is 3. The number of rotatable bonds is 2. The summed E-state index contributed by atoms with van der Waals surface area (Å²) in [4.78, 5) is 0. The van der Waals surface area contributed by atoms with Crippen LogP contribution in [0.2, 0.25) is 0 Å². The van der Waals surface area contributed by atoms with Crippen LogP contribution in [0, 0.1) is 0 Å². The van der Waals surface area contributed by atoms with Crippen LogP contribution in [0.3, 0.4) is 0 Å². The van der Waals surface area contributed by atoms with E-state index in [1.165, 1.54) is 58.3 Å². The van der Waals surface area contributed by atoms with E-state index < -0.39 is 0 Å². The molecule has 1 unspecified atom stereocenters. The minimum absolute atomic E-state index is 0.714. The van der Waals surface area contributed by atoms with Gasteiger partial charge in [-0.1, -0.05) is 6.42 Å². The molecule has 0 bridgehead atoms. The molecule has 14 heavy (non-hydrogen) atoms. The predicted octanol–water partition coefficient (Wildman–Crippen LogP) is 1.07. The molecule has 3 nitrogen and oxygen atoms in total. The molecule has 2 saturated heterocycles. The zero-order chi connectivity index (χ0) is 9.80. The number of piperidine rings is 2. The summed E-state index contributed by atoms with van der Waals surface area (Å²) in [7, 11) is 2.09. The van der Waals surface area contributed by atoms with Crippen LogP contribution < -0.4 is 5.32 Å². The number of hydrazine groups is 1. The van der Waals surface area contributed by atoms with Crippen LogP contribution in [-0.4, -0.2) is 49.3 Å². The first-order chi connectivity index (χ1) is 6.90. The molecule has 2 heterocycles. The first-order valence-electron chi connectivity index (χ1n) is 6.07. The Kier molecular flexibility index (Phi) is 3.79. The predicted molar refractivity (Wildman–Crippen MR) is 59.1 cm³/mol. The molecule has 2 aliphatic heterocycles. The minimum atomic E-state index is 0.714. The summed E-state index contributed by atoms with van der Waals surface area (Å²) in [6.45, 7) is 5.07. The van der Waals surface area contributed by atoms with Crippen molar-refractivity contribution >= 4 is 0 Å². The summed E-state index contributed by atoms with van der Waals surface area (Å²) in [6.07, 6.45) is 6.91. The van der Waals surface area contributed by atoms with E-state index >= 15 is 0 Å². The molecule has 2 rings (SSSR count). The van der Waals surface area contributed by atoms with Gasteiger partial charge < -0.3 is 5.32 Å². The van der Waals surface area contributed by atoms with E-state index in [4.69, 9.17) is 0 Å². The van der Waals surface area contributed by atoms with Crippen molar-refractivity contribution in [2.24, 2.45) is 0 Å². The summed E-state index contributed by atoms with van der Waals surface area (Å²) < 4.78 is 0. The fraction of sp³-hybridized carbons (Fsp3) is 1.00. The summed E-state index contributed by atoms with van der Waals surface area (Å²) in [6, 6.07) is 0.714. The third kappa shape index (κ3) is 2.47. The lowest BCUT2D eigenvalue weighted by molar-refractivity contribution is -0.0592. The molecule has 0 aromatic heterocycles. The summed E-state index contributed by atoms with van der Waals surface area (Å²) in [5.41, 5.74) is 0. The molecule has 0 amide bonds. The molecular formula is C11H23N3. The van der Waals surface area contributed by atoms with Gasteiger partial charge in [-0.3, -0.25) is 0 Å². The van der Waals surface area contributed by atoms with Crippen molar-refractivity contribution in [2.75, 3.05) is 33.2 Å². The quantitative estimate of drug-likeness (QED) is 0.714. The average molecular weight is 197 g/mol. The summed E-state index contributed by atoms with van der Waals surface area (Å²) in [5.74, 6) is 0. The maximum absolute atomic E-state index is 3.40. The van der Waals surface area contributed by atoms with Crippen LogP contribution in [0.15, 0.2) is 0 Å². The van der Waals surface area contributed by atoms with Gasteiger partial charge in [-0.25, -0.2) is 10.0 Å². The van der Waals surface area contributed by atoms with Crippen LogP contribution in [0.4, 0.5) is 0 Å². The van der Waals surface area contributed by atoms with Crippen LogP contribution >= 0.6 is 0 Å². The Morgan fingerprint density at radius 2 is 1.64 bits per heavy atom. The van der Waals surface area contributed by atoms with Crippen LogP contribution in [0.5, 0.6) is 0 Å². The van der Waals surface area contributed by atoms with Crippen molar-refractivity contribution in [1.29, 1.82) is 0 Å². The first-order valence-corrected chi connectivity index (χ1v) is 6.07. The highest BCUT2D eigenvalue weighted by Crippen LogP contribution is 2.16. The van der Waals surface area contributed by atoms with E-state index in [1.807, 2.05) is 0 Å². The molecule has 0 aromatic rings. The van der Waals surface area contributed by atoms with Crippen LogP contribution in [-0.2, 0) is 0 Å². The molecule has 0 aliphatic carbocycles. The molecular weight excluding hydrogens is 174 g/mol. The number of likely N-dealkylation sites (N-methyl/N-ethyl adjacent to an activating group) is 1. The van der Waals surface area contributed by atoms with Crippen molar-refractivity contribution < 1.29 is 0 Å². The highest BCUT2D eigenvalue weighted by molar-refractivity contribution is 4.77. The molecule has 0 spiro atoms. The second-order valence-corrected chi connectivity index (χ2v) is 4.55. The summed E-state index contributed by atoms with van der Waals surface area (Å²) >= 11 is 0. The van der Waals surface area contributed by atoms with E-state index in [-0.39, 0.29) is 0 Å². The highest BCUT2D eigenvalue weighted by atomic mass is 15.6. The van der Waals surface area contributed by atoms with Crippen molar-refractivity contribution in [1.82, 2.24) is 15.3 Å². The standard InChI is InChI=1S/C11H23N3/c1-12-11-6-5-9-14(10-11)13-7-3-2-4-8-13/h11-12H,2-10H2,1H3. The van der Waals surface area contributed by atoms with Crippen molar-refractivity contribution in [3.8, 4) is 0 Å². The average Bonchev–Trinajstić information content (AvgIpc) is 2.30. The molecule has 2 aliphatic rings. The first kappa shape index (κ1) is 10.4. The Balaban J connectivity index is 1.83. The monoisotopic (exact) mass is 197 g/mol. The lowest BCUT2D eigenvalue weighted by atomic mass is 10.1. The van der Waals surface area contributed by atoms with Gasteiger partial charge in [0.05, 0.1) is 0 Å². The Bertz CT molecular complexity index is 166. The maximum Gasteiger partial charge on any atom is 0.0287 e. The zero-order valence-corrected chi connectivity index (χ0v) is 9.34. The van der Waals surface area contributed by atoms with Gasteiger partial charge in [0.15, 0.2) is 0 Å². The SMILES string of the molecule is CNC1CCCN(N2CCCCC2)C1. The van der Waals surface area contributed by atoms with Crippen molar-refractivity contribution in [3.05, 3.63) is 0 Å². The minimum Gasteiger partial charge on any atom is -0.316 e. The molecule has 2 fully saturated rings. The smallest absolute Gasteiger partial charge is 0.0287 e. The lowest BCUT2D eigenvalue weighted by Gasteiger charge is -2.42. The molecule has 0 aromatic carbocycles. The van der Waals surface area contributed by atoms with E-state index in [2.05, 4.69) is 22.4 Å². The Labute approximate surface area is 87.4 Å². The largest absolute Gasteiger partial charge is 0.316 e. The van der Waals surface area contributed by atoms with Crippen molar-refractivity contribution in [3.63, 3.8) is 0 Å². The molecule has 1 atom stereocenters. The van der Waals surface area contributed by atoms with Gasteiger partial charge in [0, 0.05) is 32.2 Å². The third-order valence-corrected chi connectivity index (χ3v) is 3.54. The zero-order valence-electron chi connectivity index (χ0n) is 9.34. The van der Waals surface area contributed by atoms with E-state index in [1.54, 1.807) is 0 Å². The molecule has 1 N–H and O–H groups in total. The van der Waals surface area contributed by atoms with E-state index in [9.17, 15) is 0 Å². The Morgan fingerprint density at radius 3 is 2.36 bits per heavy atom. The normalized spacial score (nSPS) is 31.9. The van der Waals surface area contributed by atoms with Crippen molar-refractivity contribution in [2.45, 2.75) is 38.1 Å². The van der Waals surface area contributed by atoms with Gasteiger partial charge in [0.1, 0.15) is 0 Å². The second-order valence-electron chi connectivity index (χ2n) is 4.55. The number of hydrogen-bond donors (Lipinski definition) is 1. The van der Waals surface area contributed by atoms with Crippen LogP contribution in [0.1, 0.15) is 32.1 Å². The van der Waals surface area contributed by atoms with Gasteiger partial charge in [0.25, 0.3) is 0 Å². The van der Waals surface area contributed by atoms with E-state index in [0.29, 0.717) is 6.04 Å². The van der Waals surface area contributed by atoms with Gasteiger partial charge in [-0.05, 0) is 32.7 Å². The van der Waals surface area contributed by atoms with Gasteiger partial charge in [-0.2, -0.15) is 0 Å². The Morgan fingerprint density at radius 1 is 0.929 bits per heavy atom. The van der Waals surface area contributed by atoms with Crippen LogP contribution in [0.25, 0.3) is 0 Å². The van der Waals surface area contributed by atoms with Gasteiger partial charge in [0.2, 0.25) is 0 Å². The maximum atomic E-state index is 3.40. The molecule has 3 heteroatoms. The third-order valence-electron chi connectivity index (χ3n) is 3.54. The number of nitrogens with one attached hydrogen (secondary N) is 1. The second kappa shape index (κ2) is 5.10. The topological polar surface area (TPSA) is 18.5 Å². The van der Waals surface area contributed by atoms with Gasteiger partial charge >= 0.3 is 0 Å². The van der Waals surface area contributed by atoms with E-state index in [0.717, 1.165) is 0 Å². The Hall–Kier alpha value is -0.120. The highest BCUT2D eigenvalue weighted by Gasteiger charge is 2.24.